The number of ether oxygens (including phenoxy) is 1. The van der Waals surface area contributed by atoms with Crippen LogP contribution in [0, 0.1) is 0 Å². The molecule has 6 heteroatoms. The number of benzene rings is 1. The molecule has 5 nitrogen and oxygen atoms in total. The molecule has 25 heavy (non-hydrogen) atoms. The van der Waals surface area contributed by atoms with Crippen molar-refractivity contribution in [2.24, 2.45) is 0 Å². The second kappa shape index (κ2) is 7.22. The quantitative estimate of drug-likeness (QED) is 0.907. The molecule has 134 valence electrons. The maximum Gasteiger partial charge on any atom is 0.180 e. The van der Waals surface area contributed by atoms with Gasteiger partial charge in [-0.3, -0.25) is 0 Å². The lowest BCUT2D eigenvalue weighted by molar-refractivity contribution is 0.202. The number of anilines is 2. The van der Waals surface area contributed by atoms with Gasteiger partial charge in [-0.15, -0.1) is 11.3 Å². The molecule has 2 aliphatic rings. The molecule has 0 spiro atoms. The van der Waals surface area contributed by atoms with Crippen LogP contribution in [-0.4, -0.2) is 48.7 Å². The Balaban J connectivity index is 1.54. The molecule has 1 saturated heterocycles. The predicted molar refractivity (Wildman–Crippen MR) is 105 cm³/mol. The molecule has 1 fully saturated rings. The monoisotopic (exact) mass is 358 g/mol. The molecule has 0 saturated carbocycles. The fraction of sp³-hybridized carbons (Fsp3) is 0.526. The molecule has 1 unspecified atom stereocenters. The molecular weight excluding hydrogens is 332 g/mol. The Kier molecular flexibility index (Phi) is 4.81. The van der Waals surface area contributed by atoms with Crippen molar-refractivity contribution in [3.05, 3.63) is 23.6 Å². The summed E-state index contributed by atoms with van der Waals surface area (Å²) in [6, 6.07) is 6.35. The highest BCUT2D eigenvalue weighted by Gasteiger charge is 2.24. The van der Waals surface area contributed by atoms with E-state index in [0.29, 0.717) is 5.13 Å². The minimum atomic E-state index is 0.217. The molecule has 3 heterocycles. The number of piperidine rings is 1. The first kappa shape index (κ1) is 16.7. The van der Waals surface area contributed by atoms with Crippen molar-refractivity contribution in [2.45, 2.75) is 32.3 Å². The zero-order valence-corrected chi connectivity index (χ0v) is 15.6. The summed E-state index contributed by atoms with van der Waals surface area (Å²) in [4.78, 5) is 9.48. The zero-order valence-electron chi connectivity index (χ0n) is 14.8. The topological polar surface area (TPSA) is 54.6 Å². The van der Waals surface area contributed by atoms with E-state index in [-0.39, 0.29) is 6.10 Å². The van der Waals surface area contributed by atoms with Crippen LogP contribution in [0.1, 0.15) is 26.2 Å². The van der Waals surface area contributed by atoms with E-state index < -0.39 is 0 Å². The molecule has 4 rings (SSSR count). The van der Waals surface area contributed by atoms with Gasteiger partial charge in [-0.1, -0.05) is 6.42 Å². The van der Waals surface area contributed by atoms with Crippen LogP contribution in [0.25, 0.3) is 11.3 Å². The van der Waals surface area contributed by atoms with Crippen LogP contribution >= 0.6 is 11.3 Å². The van der Waals surface area contributed by atoms with Crippen LogP contribution in [0.15, 0.2) is 23.6 Å². The van der Waals surface area contributed by atoms with E-state index in [9.17, 15) is 0 Å². The highest BCUT2D eigenvalue weighted by atomic mass is 32.1. The Morgan fingerprint density at radius 3 is 2.84 bits per heavy atom. The third-order valence-electron chi connectivity index (χ3n) is 5.06. The molecule has 0 bridgehead atoms. The molecule has 1 aromatic heterocycles. The van der Waals surface area contributed by atoms with Gasteiger partial charge in [0.15, 0.2) is 5.13 Å². The third-order valence-corrected chi connectivity index (χ3v) is 5.73. The van der Waals surface area contributed by atoms with E-state index in [1.54, 1.807) is 0 Å². The van der Waals surface area contributed by atoms with Crippen LogP contribution in [-0.2, 0) is 0 Å². The molecule has 2 aliphatic heterocycles. The maximum atomic E-state index is 6.05. The number of rotatable bonds is 4. The molecule has 1 aromatic carbocycles. The van der Waals surface area contributed by atoms with Gasteiger partial charge in [0.1, 0.15) is 11.9 Å². The van der Waals surface area contributed by atoms with E-state index in [2.05, 4.69) is 39.9 Å². The molecule has 1 atom stereocenters. The van der Waals surface area contributed by atoms with Gasteiger partial charge in [0.05, 0.1) is 17.9 Å². The molecular formula is C19H26N4OS. The number of hydrogen-bond donors (Lipinski definition) is 1. The summed E-state index contributed by atoms with van der Waals surface area (Å²) in [6.45, 7) is 7.73. The van der Waals surface area contributed by atoms with Crippen LogP contribution < -0.4 is 15.4 Å². The van der Waals surface area contributed by atoms with Gasteiger partial charge in [0, 0.05) is 24.0 Å². The van der Waals surface area contributed by atoms with Gasteiger partial charge in [0.25, 0.3) is 0 Å². The lowest BCUT2D eigenvalue weighted by Gasteiger charge is -2.37. The third kappa shape index (κ3) is 3.75. The Bertz CT molecular complexity index is 726. The highest BCUT2D eigenvalue weighted by Crippen LogP contribution is 2.37. The van der Waals surface area contributed by atoms with Gasteiger partial charge in [-0.05, 0) is 51.1 Å². The van der Waals surface area contributed by atoms with Gasteiger partial charge >= 0.3 is 0 Å². The highest BCUT2D eigenvalue weighted by molar-refractivity contribution is 7.13. The van der Waals surface area contributed by atoms with E-state index in [1.807, 2.05) is 5.38 Å². The number of fused-ring (bicyclic) bond motifs is 1. The Hall–Kier alpha value is -1.79. The maximum absolute atomic E-state index is 6.05. The van der Waals surface area contributed by atoms with E-state index in [0.717, 1.165) is 36.6 Å². The average Bonchev–Trinajstić information content (AvgIpc) is 3.06. The summed E-state index contributed by atoms with van der Waals surface area (Å²) in [5.41, 5.74) is 9.02. The molecule has 0 amide bonds. The predicted octanol–water partition coefficient (Wildman–Crippen LogP) is 3.47. The van der Waals surface area contributed by atoms with Crippen molar-refractivity contribution in [3.63, 3.8) is 0 Å². The first-order valence-corrected chi connectivity index (χ1v) is 10.1. The van der Waals surface area contributed by atoms with Crippen molar-refractivity contribution >= 4 is 22.2 Å². The van der Waals surface area contributed by atoms with Crippen LogP contribution in [0.2, 0.25) is 0 Å². The standard InChI is InChI=1S/C19H26N4OS/c1-14-12-23(10-9-22-7-3-2-4-8-22)17-11-15(5-6-18(17)24-14)16-13-25-19(20)21-16/h5-6,11,13-14H,2-4,7-10,12H2,1H3,(H2,20,21). The normalized spacial score (nSPS) is 21.0. The minimum Gasteiger partial charge on any atom is -0.487 e. The van der Waals surface area contributed by atoms with Crippen LogP contribution in [0.4, 0.5) is 10.8 Å². The summed E-state index contributed by atoms with van der Waals surface area (Å²) in [6.07, 6.45) is 4.28. The van der Waals surface area contributed by atoms with Crippen molar-refractivity contribution < 1.29 is 4.74 Å². The zero-order chi connectivity index (χ0) is 17.2. The average molecular weight is 359 g/mol. The van der Waals surface area contributed by atoms with Gasteiger partial charge in [-0.2, -0.15) is 0 Å². The first-order chi connectivity index (χ1) is 12.2. The summed E-state index contributed by atoms with van der Waals surface area (Å²) < 4.78 is 6.05. The smallest absolute Gasteiger partial charge is 0.180 e. The van der Waals surface area contributed by atoms with Crippen LogP contribution in [0.5, 0.6) is 5.75 Å². The number of aromatic nitrogens is 1. The van der Waals surface area contributed by atoms with Gasteiger partial charge in [0.2, 0.25) is 0 Å². The number of nitrogen functional groups attached to an aromatic ring is 1. The van der Waals surface area contributed by atoms with Crippen molar-refractivity contribution in [2.75, 3.05) is 43.4 Å². The van der Waals surface area contributed by atoms with Gasteiger partial charge < -0.3 is 20.3 Å². The first-order valence-electron chi connectivity index (χ1n) is 9.18. The summed E-state index contributed by atoms with van der Waals surface area (Å²) >= 11 is 1.48. The van der Waals surface area contributed by atoms with Crippen molar-refractivity contribution in [1.29, 1.82) is 0 Å². The SMILES string of the molecule is CC1CN(CCN2CCCCC2)c2cc(-c3csc(N)n3)ccc2O1. The van der Waals surface area contributed by atoms with Crippen molar-refractivity contribution in [1.82, 2.24) is 9.88 Å². The second-order valence-corrected chi connectivity index (χ2v) is 7.92. The lowest BCUT2D eigenvalue weighted by Crippen LogP contribution is -2.43. The lowest BCUT2D eigenvalue weighted by atomic mass is 10.1. The van der Waals surface area contributed by atoms with Crippen LogP contribution in [0.3, 0.4) is 0 Å². The largest absolute Gasteiger partial charge is 0.487 e. The van der Waals surface area contributed by atoms with Crippen molar-refractivity contribution in [3.8, 4) is 17.0 Å². The fourth-order valence-electron chi connectivity index (χ4n) is 3.76. The molecule has 2 N–H and O–H groups in total. The minimum absolute atomic E-state index is 0.217. The number of nitrogens with two attached hydrogens (primary N) is 1. The molecule has 0 aliphatic carbocycles. The number of thiazole rings is 1. The fourth-order valence-corrected chi connectivity index (χ4v) is 4.34. The van der Waals surface area contributed by atoms with E-state index >= 15 is 0 Å². The Morgan fingerprint density at radius 1 is 1.24 bits per heavy atom. The van der Waals surface area contributed by atoms with Gasteiger partial charge in [-0.25, -0.2) is 4.98 Å². The Morgan fingerprint density at radius 2 is 2.08 bits per heavy atom. The number of hydrogen-bond acceptors (Lipinski definition) is 6. The Labute approximate surface area is 153 Å². The number of likely N-dealkylation sites (tertiary alicyclic amines) is 1. The summed E-state index contributed by atoms with van der Waals surface area (Å²) in [5.74, 6) is 0.976. The van der Waals surface area contributed by atoms with E-state index in [4.69, 9.17) is 10.5 Å². The summed E-state index contributed by atoms with van der Waals surface area (Å²) in [7, 11) is 0. The number of nitrogens with zero attached hydrogens (tertiary/aromatic N) is 3. The second-order valence-electron chi connectivity index (χ2n) is 7.03. The van der Waals surface area contributed by atoms with E-state index in [1.165, 1.54) is 49.4 Å². The molecule has 2 aromatic rings. The molecule has 0 radical (unpaired) electrons. The summed E-state index contributed by atoms with van der Waals surface area (Å²) in [5, 5.41) is 2.63.